The first-order valence-electron chi connectivity index (χ1n) is 6.79. The molecule has 1 aromatic carbocycles. The Morgan fingerprint density at radius 1 is 1.47 bits per heavy atom. The first-order valence-corrected chi connectivity index (χ1v) is 7.58. The lowest BCUT2D eigenvalue weighted by Crippen LogP contribution is -2.49. The highest BCUT2D eigenvalue weighted by Gasteiger charge is 2.29. The number of hydrogen-bond acceptors (Lipinski definition) is 2. The second-order valence-corrected chi connectivity index (χ2v) is 6.45. The molecule has 4 heteroatoms. The van der Waals surface area contributed by atoms with Crippen LogP contribution in [-0.2, 0) is 0 Å². The highest BCUT2D eigenvalue weighted by molar-refractivity contribution is 9.10. The van der Waals surface area contributed by atoms with Crippen LogP contribution in [0.15, 0.2) is 22.7 Å². The third kappa shape index (κ3) is 3.37. The van der Waals surface area contributed by atoms with Crippen molar-refractivity contribution in [1.82, 2.24) is 4.90 Å². The molecule has 104 valence electrons. The van der Waals surface area contributed by atoms with Crippen LogP contribution in [-0.4, -0.2) is 29.9 Å². The number of amides is 1. The number of piperidine rings is 1. The molecule has 2 rings (SSSR count). The summed E-state index contributed by atoms with van der Waals surface area (Å²) in [6.45, 7) is 5.59. The largest absolute Gasteiger partial charge is 0.334 e. The number of halogens is 1. The van der Waals surface area contributed by atoms with Gasteiger partial charge in [-0.05, 0) is 49.4 Å². The van der Waals surface area contributed by atoms with Gasteiger partial charge in [-0.25, -0.2) is 0 Å². The van der Waals surface area contributed by atoms with Crippen LogP contribution in [0.5, 0.6) is 0 Å². The minimum atomic E-state index is 0.103. The molecule has 1 aromatic rings. The maximum Gasteiger partial charge on any atom is 0.254 e. The Balaban J connectivity index is 2.22. The summed E-state index contributed by atoms with van der Waals surface area (Å²) in [6.07, 6.45) is 2.07. The number of benzene rings is 1. The predicted octanol–water partition coefficient (Wildman–Crippen LogP) is 2.96. The van der Waals surface area contributed by atoms with Crippen LogP contribution in [0.4, 0.5) is 0 Å². The van der Waals surface area contributed by atoms with Crippen LogP contribution < -0.4 is 5.73 Å². The van der Waals surface area contributed by atoms with E-state index in [0.717, 1.165) is 35.0 Å². The number of carbonyl (C=O) groups excluding carboxylic acids is 1. The fourth-order valence-electron chi connectivity index (χ4n) is 2.77. The molecule has 0 bridgehead atoms. The number of likely N-dealkylation sites (tertiary alicyclic amines) is 1. The SMILES string of the molecule is Cc1cc(Br)cc(C(=O)N2CCC(C)CC2CN)c1. The van der Waals surface area contributed by atoms with Crippen molar-refractivity contribution in [3.05, 3.63) is 33.8 Å². The van der Waals surface area contributed by atoms with Crippen LogP contribution in [0, 0.1) is 12.8 Å². The molecule has 2 atom stereocenters. The summed E-state index contributed by atoms with van der Waals surface area (Å²) in [6, 6.07) is 6.02. The number of rotatable bonds is 2. The zero-order valence-electron chi connectivity index (χ0n) is 11.5. The van der Waals surface area contributed by atoms with E-state index in [1.165, 1.54) is 0 Å². The molecule has 3 nitrogen and oxygen atoms in total. The number of carbonyl (C=O) groups is 1. The summed E-state index contributed by atoms with van der Waals surface area (Å²) in [5.74, 6) is 0.758. The van der Waals surface area contributed by atoms with Crippen LogP contribution in [0.3, 0.4) is 0 Å². The zero-order chi connectivity index (χ0) is 14.0. The van der Waals surface area contributed by atoms with Gasteiger partial charge in [-0.15, -0.1) is 0 Å². The van der Waals surface area contributed by atoms with Gasteiger partial charge in [-0.2, -0.15) is 0 Å². The van der Waals surface area contributed by atoms with Crippen molar-refractivity contribution < 1.29 is 4.79 Å². The van der Waals surface area contributed by atoms with Crippen molar-refractivity contribution in [2.75, 3.05) is 13.1 Å². The minimum Gasteiger partial charge on any atom is -0.334 e. The second-order valence-electron chi connectivity index (χ2n) is 5.53. The smallest absolute Gasteiger partial charge is 0.254 e. The highest BCUT2D eigenvalue weighted by Crippen LogP contribution is 2.25. The van der Waals surface area contributed by atoms with E-state index in [4.69, 9.17) is 5.73 Å². The van der Waals surface area contributed by atoms with Crippen LogP contribution in [0.1, 0.15) is 35.7 Å². The van der Waals surface area contributed by atoms with Crippen LogP contribution >= 0.6 is 15.9 Å². The topological polar surface area (TPSA) is 46.3 Å². The number of nitrogens with zero attached hydrogens (tertiary/aromatic N) is 1. The quantitative estimate of drug-likeness (QED) is 0.909. The highest BCUT2D eigenvalue weighted by atomic mass is 79.9. The van der Waals surface area contributed by atoms with Gasteiger partial charge in [0.25, 0.3) is 5.91 Å². The van der Waals surface area contributed by atoms with E-state index >= 15 is 0 Å². The van der Waals surface area contributed by atoms with Crippen molar-refractivity contribution in [3.8, 4) is 0 Å². The summed E-state index contributed by atoms with van der Waals surface area (Å²) in [5, 5.41) is 0. The molecule has 0 aromatic heterocycles. The molecule has 19 heavy (non-hydrogen) atoms. The normalized spacial score (nSPS) is 23.5. The molecular weight excluding hydrogens is 304 g/mol. The third-order valence-corrected chi connectivity index (χ3v) is 4.26. The molecule has 1 aliphatic heterocycles. The van der Waals surface area contributed by atoms with Crippen LogP contribution in [0.2, 0.25) is 0 Å². The van der Waals surface area contributed by atoms with Gasteiger partial charge >= 0.3 is 0 Å². The molecule has 1 fully saturated rings. The summed E-state index contributed by atoms with van der Waals surface area (Å²) < 4.78 is 0.950. The van der Waals surface area contributed by atoms with Gasteiger partial charge in [0.15, 0.2) is 0 Å². The summed E-state index contributed by atoms with van der Waals surface area (Å²) in [4.78, 5) is 14.6. The molecule has 2 N–H and O–H groups in total. The summed E-state index contributed by atoms with van der Waals surface area (Å²) in [7, 11) is 0. The average Bonchev–Trinajstić information content (AvgIpc) is 2.36. The van der Waals surface area contributed by atoms with Gasteiger partial charge in [0.2, 0.25) is 0 Å². The van der Waals surface area contributed by atoms with Crippen molar-refractivity contribution >= 4 is 21.8 Å². The van der Waals surface area contributed by atoms with E-state index in [1.807, 2.05) is 30.0 Å². The van der Waals surface area contributed by atoms with Gasteiger partial charge in [0.05, 0.1) is 0 Å². The first kappa shape index (κ1) is 14.5. The van der Waals surface area contributed by atoms with Crippen molar-refractivity contribution in [2.45, 2.75) is 32.7 Å². The lowest BCUT2D eigenvalue weighted by Gasteiger charge is -2.38. The Hall–Kier alpha value is -0.870. The molecule has 1 aliphatic rings. The average molecular weight is 325 g/mol. The van der Waals surface area contributed by atoms with Crippen molar-refractivity contribution in [3.63, 3.8) is 0 Å². The fourth-order valence-corrected chi connectivity index (χ4v) is 3.38. The molecule has 1 amide bonds. The van der Waals surface area contributed by atoms with E-state index in [1.54, 1.807) is 0 Å². The number of hydrogen-bond donors (Lipinski definition) is 1. The fraction of sp³-hybridized carbons (Fsp3) is 0.533. The molecule has 0 radical (unpaired) electrons. The van der Waals surface area contributed by atoms with Crippen molar-refractivity contribution in [2.24, 2.45) is 11.7 Å². The number of aryl methyl sites for hydroxylation is 1. The maximum absolute atomic E-state index is 12.6. The van der Waals surface area contributed by atoms with E-state index < -0.39 is 0 Å². The molecular formula is C15H21BrN2O. The maximum atomic E-state index is 12.6. The molecule has 1 heterocycles. The van der Waals surface area contributed by atoms with E-state index in [-0.39, 0.29) is 11.9 Å². The Morgan fingerprint density at radius 2 is 2.21 bits per heavy atom. The first-order chi connectivity index (χ1) is 9.01. The molecule has 0 aliphatic carbocycles. The predicted molar refractivity (Wildman–Crippen MR) is 81.2 cm³/mol. The Bertz CT molecular complexity index is 455. The molecule has 0 spiro atoms. The Kier molecular flexibility index (Phi) is 4.63. The lowest BCUT2D eigenvalue weighted by atomic mass is 9.92. The van der Waals surface area contributed by atoms with Gasteiger partial charge in [-0.3, -0.25) is 4.79 Å². The molecule has 0 saturated carbocycles. The van der Waals surface area contributed by atoms with E-state index in [2.05, 4.69) is 22.9 Å². The number of nitrogens with two attached hydrogens (primary N) is 1. The standard InChI is InChI=1S/C15H21BrN2O/c1-10-3-4-18(14(7-10)9-17)15(19)12-5-11(2)6-13(16)8-12/h5-6,8,10,14H,3-4,7,9,17H2,1-2H3. The summed E-state index contributed by atoms with van der Waals surface area (Å²) in [5.41, 5.74) is 7.67. The monoisotopic (exact) mass is 324 g/mol. The molecule has 2 unspecified atom stereocenters. The Labute approximate surface area is 123 Å². The zero-order valence-corrected chi connectivity index (χ0v) is 13.1. The van der Waals surface area contributed by atoms with Gasteiger partial charge in [0, 0.05) is 29.2 Å². The van der Waals surface area contributed by atoms with E-state index in [0.29, 0.717) is 12.5 Å². The minimum absolute atomic E-state index is 0.103. The lowest BCUT2D eigenvalue weighted by molar-refractivity contribution is 0.0573. The Morgan fingerprint density at radius 3 is 2.84 bits per heavy atom. The second kappa shape index (κ2) is 6.06. The summed E-state index contributed by atoms with van der Waals surface area (Å²) >= 11 is 3.45. The van der Waals surface area contributed by atoms with E-state index in [9.17, 15) is 4.79 Å². The van der Waals surface area contributed by atoms with Gasteiger partial charge in [-0.1, -0.05) is 22.9 Å². The molecule has 1 saturated heterocycles. The van der Waals surface area contributed by atoms with Gasteiger partial charge < -0.3 is 10.6 Å². The van der Waals surface area contributed by atoms with Gasteiger partial charge in [0.1, 0.15) is 0 Å². The van der Waals surface area contributed by atoms with Crippen LogP contribution in [0.25, 0.3) is 0 Å². The third-order valence-electron chi connectivity index (χ3n) is 3.80. The van der Waals surface area contributed by atoms with Crippen molar-refractivity contribution in [1.29, 1.82) is 0 Å².